The van der Waals surface area contributed by atoms with Crippen molar-refractivity contribution >= 4 is 24.2 Å². The highest BCUT2D eigenvalue weighted by Gasteiger charge is 2.17. The molecule has 1 aromatic rings. The van der Waals surface area contributed by atoms with Gasteiger partial charge in [-0.2, -0.15) is 0 Å². The summed E-state index contributed by atoms with van der Waals surface area (Å²) in [5.41, 5.74) is 1.11. The SMILES string of the molecule is CNCCCC(NC=O)C(=O)Nc1ccc(COC(=O)F)cc1. The fourth-order valence-corrected chi connectivity index (χ4v) is 1.91. The van der Waals surface area contributed by atoms with Crippen LogP contribution in [0.4, 0.5) is 14.9 Å². The highest BCUT2D eigenvalue weighted by molar-refractivity contribution is 5.95. The van der Waals surface area contributed by atoms with Gasteiger partial charge >= 0.3 is 6.22 Å². The number of halogens is 1. The van der Waals surface area contributed by atoms with Crippen molar-refractivity contribution in [3.63, 3.8) is 0 Å². The number of ether oxygens (including phenoxy) is 1. The summed E-state index contributed by atoms with van der Waals surface area (Å²) in [4.78, 5) is 32.8. The first-order valence-corrected chi connectivity index (χ1v) is 7.13. The molecule has 1 atom stereocenters. The molecule has 0 fully saturated rings. The lowest BCUT2D eigenvalue weighted by Gasteiger charge is -2.16. The zero-order valence-electron chi connectivity index (χ0n) is 12.8. The van der Waals surface area contributed by atoms with E-state index >= 15 is 0 Å². The van der Waals surface area contributed by atoms with E-state index in [1.165, 1.54) is 0 Å². The summed E-state index contributed by atoms with van der Waals surface area (Å²) >= 11 is 0. The average molecular weight is 325 g/mol. The van der Waals surface area contributed by atoms with Gasteiger partial charge in [-0.3, -0.25) is 9.59 Å². The normalized spacial score (nSPS) is 11.4. The summed E-state index contributed by atoms with van der Waals surface area (Å²) in [5, 5.41) is 8.14. The van der Waals surface area contributed by atoms with Crippen LogP contribution in [0.15, 0.2) is 24.3 Å². The van der Waals surface area contributed by atoms with Crippen LogP contribution in [-0.2, 0) is 20.9 Å². The van der Waals surface area contributed by atoms with Crippen molar-refractivity contribution in [3.05, 3.63) is 29.8 Å². The molecular weight excluding hydrogens is 305 g/mol. The third-order valence-corrected chi connectivity index (χ3v) is 3.08. The second kappa shape index (κ2) is 10.3. The molecule has 0 aliphatic heterocycles. The van der Waals surface area contributed by atoms with Gasteiger partial charge in [-0.25, -0.2) is 4.79 Å². The molecule has 0 aliphatic rings. The first-order chi connectivity index (χ1) is 11.1. The Morgan fingerprint density at radius 2 is 2.00 bits per heavy atom. The summed E-state index contributed by atoms with van der Waals surface area (Å²) in [6.45, 7) is 0.565. The van der Waals surface area contributed by atoms with Gasteiger partial charge in [-0.05, 0) is 44.1 Å². The molecular formula is C15H20FN3O4. The third kappa shape index (κ3) is 7.37. The van der Waals surface area contributed by atoms with Crippen molar-refractivity contribution in [2.24, 2.45) is 0 Å². The average Bonchev–Trinajstić information content (AvgIpc) is 2.53. The smallest absolute Gasteiger partial charge is 0.435 e. The van der Waals surface area contributed by atoms with Crippen molar-refractivity contribution < 1.29 is 23.5 Å². The predicted molar refractivity (Wildman–Crippen MR) is 82.5 cm³/mol. The summed E-state index contributed by atoms with van der Waals surface area (Å²) in [6, 6.07) is 5.78. The molecule has 0 aromatic heterocycles. The monoisotopic (exact) mass is 325 g/mol. The molecule has 0 saturated heterocycles. The molecule has 0 saturated carbocycles. The summed E-state index contributed by atoms with van der Waals surface area (Å²) < 4.78 is 16.2. The Balaban J connectivity index is 2.56. The van der Waals surface area contributed by atoms with Crippen LogP contribution < -0.4 is 16.0 Å². The van der Waals surface area contributed by atoms with E-state index in [1.54, 1.807) is 24.3 Å². The van der Waals surface area contributed by atoms with Gasteiger partial charge in [0.05, 0.1) is 0 Å². The van der Waals surface area contributed by atoms with Crippen molar-refractivity contribution in [3.8, 4) is 0 Å². The summed E-state index contributed by atoms with van der Waals surface area (Å²) in [6.07, 6.45) is -0.0940. The minimum absolute atomic E-state index is 0.178. The third-order valence-electron chi connectivity index (χ3n) is 3.08. The van der Waals surface area contributed by atoms with E-state index in [-0.39, 0.29) is 12.5 Å². The number of rotatable bonds is 10. The molecule has 0 aliphatic carbocycles. The molecule has 0 spiro atoms. The minimum atomic E-state index is -1.84. The molecule has 8 heteroatoms. The number of carbonyl (C=O) groups excluding carboxylic acids is 3. The van der Waals surface area contributed by atoms with E-state index in [4.69, 9.17) is 0 Å². The maximum atomic E-state index is 12.1. The lowest BCUT2D eigenvalue weighted by atomic mass is 10.1. The van der Waals surface area contributed by atoms with Gasteiger partial charge < -0.3 is 20.7 Å². The number of anilines is 1. The van der Waals surface area contributed by atoms with Crippen molar-refractivity contribution in [1.82, 2.24) is 10.6 Å². The standard InChI is InChI=1S/C15H20FN3O4/c1-17-8-2-3-13(18-10-20)14(21)19-12-6-4-11(5-7-12)9-23-15(16)22/h4-7,10,13,17H,2-3,8-9H2,1H3,(H,18,20)(H,19,21). The van der Waals surface area contributed by atoms with Crippen LogP contribution in [0, 0.1) is 0 Å². The lowest BCUT2D eigenvalue weighted by Crippen LogP contribution is -2.40. The van der Waals surface area contributed by atoms with E-state index in [2.05, 4.69) is 20.7 Å². The Morgan fingerprint density at radius 1 is 1.30 bits per heavy atom. The van der Waals surface area contributed by atoms with E-state index in [0.717, 1.165) is 13.0 Å². The molecule has 0 heterocycles. The van der Waals surface area contributed by atoms with E-state index in [9.17, 15) is 18.8 Å². The molecule has 0 radical (unpaired) electrons. The van der Waals surface area contributed by atoms with Crippen molar-refractivity contribution in [2.75, 3.05) is 18.9 Å². The van der Waals surface area contributed by atoms with Crippen LogP contribution in [-0.4, -0.2) is 38.2 Å². The minimum Gasteiger partial charge on any atom is -0.435 e. The number of nitrogens with one attached hydrogen (secondary N) is 3. The molecule has 1 rings (SSSR count). The molecule has 1 aromatic carbocycles. The van der Waals surface area contributed by atoms with Gasteiger partial charge in [0.1, 0.15) is 12.6 Å². The largest absolute Gasteiger partial charge is 0.495 e. The van der Waals surface area contributed by atoms with Gasteiger partial charge in [0, 0.05) is 5.69 Å². The zero-order chi connectivity index (χ0) is 17.1. The molecule has 0 bridgehead atoms. The van der Waals surface area contributed by atoms with Crippen LogP contribution >= 0.6 is 0 Å². The highest BCUT2D eigenvalue weighted by Crippen LogP contribution is 2.12. The van der Waals surface area contributed by atoms with Crippen LogP contribution in [0.3, 0.4) is 0 Å². The number of hydrogen-bond acceptors (Lipinski definition) is 5. The Bertz CT molecular complexity index is 522. The van der Waals surface area contributed by atoms with Gasteiger partial charge in [-0.1, -0.05) is 12.1 Å². The second-order valence-electron chi connectivity index (χ2n) is 4.80. The lowest BCUT2D eigenvalue weighted by molar-refractivity contribution is -0.121. The van der Waals surface area contributed by atoms with Crippen molar-refractivity contribution in [2.45, 2.75) is 25.5 Å². The molecule has 7 nitrogen and oxygen atoms in total. The van der Waals surface area contributed by atoms with Gasteiger partial charge in [0.15, 0.2) is 0 Å². The molecule has 126 valence electrons. The number of carbonyl (C=O) groups is 3. The van der Waals surface area contributed by atoms with Crippen LogP contribution in [0.25, 0.3) is 0 Å². The van der Waals surface area contributed by atoms with Crippen LogP contribution in [0.1, 0.15) is 18.4 Å². The van der Waals surface area contributed by atoms with Gasteiger partial charge in [0.25, 0.3) is 0 Å². The maximum Gasteiger partial charge on any atom is 0.495 e. The summed E-state index contributed by atoms with van der Waals surface area (Å²) in [7, 11) is 1.81. The number of hydrogen-bond donors (Lipinski definition) is 3. The molecule has 2 amide bonds. The first kappa shape index (κ1) is 18.6. The van der Waals surface area contributed by atoms with Crippen LogP contribution in [0.5, 0.6) is 0 Å². The molecule has 23 heavy (non-hydrogen) atoms. The van der Waals surface area contributed by atoms with E-state index < -0.39 is 12.3 Å². The van der Waals surface area contributed by atoms with Gasteiger partial charge in [-0.15, -0.1) is 4.39 Å². The Hall–Kier alpha value is -2.48. The second-order valence-corrected chi connectivity index (χ2v) is 4.80. The summed E-state index contributed by atoms with van der Waals surface area (Å²) in [5.74, 6) is -0.323. The van der Waals surface area contributed by atoms with Gasteiger partial charge in [0.2, 0.25) is 12.3 Å². The maximum absolute atomic E-state index is 12.1. The number of benzene rings is 1. The fraction of sp³-hybridized carbons (Fsp3) is 0.400. The van der Waals surface area contributed by atoms with E-state index in [1.807, 2.05) is 7.05 Å². The Kier molecular flexibility index (Phi) is 8.30. The predicted octanol–water partition coefficient (Wildman–Crippen LogP) is 1.35. The molecule has 1 unspecified atom stereocenters. The Labute approximate surface area is 133 Å². The molecule has 3 N–H and O–H groups in total. The topological polar surface area (TPSA) is 96.5 Å². The Morgan fingerprint density at radius 3 is 2.57 bits per heavy atom. The quantitative estimate of drug-likeness (QED) is 0.343. The highest BCUT2D eigenvalue weighted by atomic mass is 19.1. The fourth-order valence-electron chi connectivity index (χ4n) is 1.91. The van der Waals surface area contributed by atoms with Crippen LogP contribution in [0.2, 0.25) is 0 Å². The van der Waals surface area contributed by atoms with Crippen molar-refractivity contribution in [1.29, 1.82) is 0 Å². The number of amides is 2. The zero-order valence-corrected chi connectivity index (χ0v) is 12.8. The van der Waals surface area contributed by atoms with E-state index in [0.29, 0.717) is 24.1 Å². The first-order valence-electron chi connectivity index (χ1n) is 7.13.